The van der Waals surface area contributed by atoms with E-state index in [4.69, 9.17) is 9.72 Å². The lowest BCUT2D eigenvalue weighted by Gasteiger charge is -2.19. The number of nitrogens with zero attached hydrogens (tertiary/aromatic N) is 1. The van der Waals surface area contributed by atoms with E-state index in [1.807, 2.05) is 0 Å². The lowest BCUT2D eigenvalue weighted by Crippen LogP contribution is -2.18. The molecule has 0 atom stereocenters. The van der Waals surface area contributed by atoms with Crippen LogP contribution in [0.4, 0.5) is 0 Å². The van der Waals surface area contributed by atoms with Crippen molar-refractivity contribution in [1.29, 1.82) is 0 Å². The molecule has 3 aromatic rings. The number of thiazole rings is 1. The molecule has 25 heavy (non-hydrogen) atoms. The van der Waals surface area contributed by atoms with Crippen molar-refractivity contribution in [3.63, 3.8) is 0 Å². The Morgan fingerprint density at radius 1 is 1.04 bits per heavy atom. The minimum atomic E-state index is -0.112. The van der Waals surface area contributed by atoms with Crippen molar-refractivity contribution in [3.8, 4) is 9.88 Å². The first-order valence-corrected chi connectivity index (χ1v) is 10.2. The number of aromatic nitrogens is 1. The molecule has 5 heteroatoms. The highest BCUT2D eigenvalue weighted by Crippen LogP contribution is 2.27. The van der Waals surface area contributed by atoms with Gasteiger partial charge in [0.25, 0.3) is 0 Å². The number of nitrogens with one attached hydrogen (secondary N) is 1. The molecule has 2 aromatic heterocycles. The van der Waals surface area contributed by atoms with E-state index < -0.39 is 0 Å². The number of rotatable bonds is 7. The largest absolute Gasteiger partial charge is 0.371 e. The summed E-state index contributed by atoms with van der Waals surface area (Å²) in [6.45, 7) is 8.50. The summed E-state index contributed by atoms with van der Waals surface area (Å²) in [5.74, 6) is 0. The highest BCUT2D eigenvalue weighted by atomic mass is 32.1. The molecular weight excluding hydrogens is 348 g/mol. The van der Waals surface area contributed by atoms with Crippen molar-refractivity contribution in [2.24, 2.45) is 0 Å². The Hall–Kier alpha value is -1.53. The summed E-state index contributed by atoms with van der Waals surface area (Å²) in [4.78, 5) is 5.94. The van der Waals surface area contributed by atoms with Gasteiger partial charge >= 0.3 is 0 Å². The zero-order valence-corrected chi connectivity index (χ0v) is 16.5. The molecule has 1 N–H and O–H groups in total. The highest BCUT2D eigenvalue weighted by Gasteiger charge is 2.10. The average molecular weight is 373 g/mol. The normalized spacial score (nSPS) is 11.8. The van der Waals surface area contributed by atoms with Crippen LogP contribution >= 0.6 is 22.7 Å². The van der Waals surface area contributed by atoms with E-state index >= 15 is 0 Å². The summed E-state index contributed by atoms with van der Waals surface area (Å²) in [7, 11) is 0. The standard InChI is InChI=1S/C20H24N2OS2/c1-20(2,3)23-13-16-7-4-6-15(10-16)11-21-12-17-14-25-19(22-17)18-8-5-9-24-18/h4-10,14,21H,11-13H2,1-3H3. The lowest BCUT2D eigenvalue weighted by molar-refractivity contribution is -0.0149. The minimum Gasteiger partial charge on any atom is -0.371 e. The van der Waals surface area contributed by atoms with E-state index in [0.29, 0.717) is 6.61 Å². The molecule has 0 saturated heterocycles. The SMILES string of the molecule is CC(C)(C)OCc1cccc(CNCc2csc(-c3cccs3)n2)c1. The number of hydrogen-bond donors (Lipinski definition) is 1. The molecule has 0 unspecified atom stereocenters. The van der Waals surface area contributed by atoms with Crippen molar-refractivity contribution in [2.45, 2.75) is 46.1 Å². The monoisotopic (exact) mass is 372 g/mol. The molecule has 2 heterocycles. The molecule has 0 spiro atoms. The van der Waals surface area contributed by atoms with E-state index in [1.54, 1.807) is 22.7 Å². The third-order valence-corrected chi connectivity index (χ3v) is 5.51. The molecule has 0 aliphatic heterocycles. The topological polar surface area (TPSA) is 34.1 Å². The third-order valence-electron chi connectivity index (χ3n) is 3.58. The average Bonchev–Trinajstić information content (AvgIpc) is 3.24. The van der Waals surface area contributed by atoms with E-state index in [1.165, 1.54) is 16.0 Å². The first kappa shape index (κ1) is 18.3. The zero-order chi connectivity index (χ0) is 17.7. The second-order valence-electron chi connectivity index (χ2n) is 6.95. The van der Waals surface area contributed by atoms with Gasteiger partial charge in [0, 0.05) is 18.5 Å². The van der Waals surface area contributed by atoms with E-state index in [0.717, 1.165) is 23.8 Å². The summed E-state index contributed by atoms with van der Waals surface area (Å²) < 4.78 is 5.85. The first-order valence-electron chi connectivity index (χ1n) is 8.40. The van der Waals surface area contributed by atoms with Crippen LogP contribution < -0.4 is 5.32 Å². The molecule has 0 radical (unpaired) electrons. The van der Waals surface area contributed by atoms with Gasteiger partial charge in [-0.1, -0.05) is 30.3 Å². The molecule has 0 fully saturated rings. The van der Waals surface area contributed by atoms with Crippen molar-refractivity contribution in [2.75, 3.05) is 0 Å². The van der Waals surface area contributed by atoms with Gasteiger partial charge in [-0.25, -0.2) is 4.98 Å². The summed E-state index contributed by atoms with van der Waals surface area (Å²) in [5.41, 5.74) is 3.46. The highest BCUT2D eigenvalue weighted by molar-refractivity contribution is 7.20. The number of hydrogen-bond acceptors (Lipinski definition) is 5. The van der Waals surface area contributed by atoms with Crippen LogP contribution in [0.5, 0.6) is 0 Å². The Labute approximate surface area is 157 Å². The minimum absolute atomic E-state index is 0.112. The Morgan fingerprint density at radius 3 is 2.64 bits per heavy atom. The van der Waals surface area contributed by atoms with Crippen LogP contribution in [0.25, 0.3) is 9.88 Å². The van der Waals surface area contributed by atoms with Gasteiger partial charge in [-0.15, -0.1) is 22.7 Å². The summed E-state index contributed by atoms with van der Waals surface area (Å²) in [6, 6.07) is 12.7. The summed E-state index contributed by atoms with van der Waals surface area (Å²) in [6.07, 6.45) is 0. The Bertz CT molecular complexity index is 788. The van der Waals surface area contributed by atoms with Gasteiger partial charge < -0.3 is 10.1 Å². The maximum atomic E-state index is 5.85. The Kier molecular flexibility index (Phi) is 6.02. The van der Waals surface area contributed by atoms with Crippen molar-refractivity contribution in [3.05, 3.63) is 64.0 Å². The molecule has 3 nitrogen and oxygen atoms in total. The quantitative estimate of drug-likeness (QED) is 0.596. The molecule has 0 amide bonds. The number of benzene rings is 1. The van der Waals surface area contributed by atoms with Gasteiger partial charge in [0.2, 0.25) is 0 Å². The molecule has 132 valence electrons. The predicted molar refractivity (Wildman–Crippen MR) is 107 cm³/mol. The molecule has 0 bridgehead atoms. The molecular formula is C20H24N2OS2. The maximum absolute atomic E-state index is 5.85. The van der Waals surface area contributed by atoms with Crippen LogP contribution in [-0.2, 0) is 24.4 Å². The second-order valence-corrected chi connectivity index (χ2v) is 8.75. The van der Waals surface area contributed by atoms with Gasteiger partial charge in [-0.2, -0.15) is 0 Å². The summed E-state index contributed by atoms with van der Waals surface area (Å²) in [5, 5.41) is 8.81. The van der Waals surface area contributed by atoms with Gasteiger partial charge in [-0.3, -0.25) is 0 Å². The zero-order valence-electron chi connectivity index (χ0n) is 14.9. The van der Waals surface area contributed by atoms with E-state index in [-0.39, 0.29) is 5.60 Å². The maximum Gasteiger partial charge on any atom is 0.133 e. The molecule has 0 saturated carbocycles. The molecule has 0 aliphatic rings. The Balaban J connectivity index is 1.50. The van der Waals surface area contributed by atoms with Crippen molar-refractivity contribution >= 4 is 22.7 Å². The first-order chi connectivity index (χ1) is 12.0. The van der Waals surface area contributed by atoms with E-state index in [9.17, 15) is 0 Å². The smallest absolute Gasteiger partial charge is 0.133 e. The van der Waals surface area contributed by atoms with Gasteiger partial charge in [0.15, 0.2) is 0 Å². The molecule has 1 aromatic carbocycles. The summed E-state index contributed by atoms with van der Waals surface area (Å²) >= 11 is 3.44. The molecule has 3 rings (SSSR count). The van der Waals surface area contributed by atoms with Gasteiger partial charge in [0.05, 0.1) is 22.8 Å². The van der Waals surface area contributed by atoms with Crippen LogP contribution in [0, 0.1) is 0 Å². The van der Waals surface area contributed by atoms with Crippen LogP contribution in [-0.4, -0.2) is 10.6 Å². The van der Waals surface area contributed by atoms with Crippen molar-refractivity contribution in [1.82, 2.24) is 10.3 Å². The Morgan fingerprint density at radius 2 is 1.88 bits per heavy atom. The van der Waals surface area contributed by atoms with E-state index in [2.05, 4.69) is 73.2 Å². The fourth-order valence-electron chi connectivity index (χ4n) is 2.37. The van der Waals surface area contributed by atoms with Crippen molar-refractivity contribution < 1.29 is 4.74 Å². The van der Waals surface area contributed by atoms with Crippen LogP contribution in [0.15, 0.2) is 47.2 Å². The van der Waals surface area contributed by atoms with Gasteiger partial charge in [-0.05, 0) is 43.3 Å². The van der Waals surface area contributed by atoms with Crippen LogP contribution in [0.1, 0.15) is 37.6 Å². The number of thiophene rings is 1. The van der Waals surface area contributed by atoms with Gasteiger partial charge in [0.1, 0.15) is 5.01 Å². The predicted octanol–water partition coefficient (Wildman–Crippen LogP) is 5.48. The molecule has 0 aliphatic carbocycles. The lowest BCUT2D eigenvalue weighted by atomic mass is 10.1. The third kappa shape index (κ3) is 5.75. The van der Waals surface area contributed by atoms with Crippen LogP contribution in [0.3, 0.4) is 0 Å². The number of ether oxygens (including phenoxy) is 1. The fourth-order valence-corrected chi connectivity index (χ4v) is 4.00. The van der Waals surface area contributed by atoms with Crippen LogP contribution in [0.2, 0.25) is 0 Å². The second kappa shape index (κ2) is 8.23. The fraction of sp³-hybridized carbons (Fsp3) is 0.350.